The van der Waals surface area contributed by atoms with Gasteiger partial charge in [-0.05, 0) is 37.0 Å². The fourth-order valence-corrected chi connectivity index (χ4v) is 3.80. The zero-order valence-electron chi connectivity index (χ0n) is 15.4. The van der Waals surface area contributed by atoms with Crippen molar-refractivity contribution in [3.63, 3.8) is 0 Å². The number of aryl methyl sites for hydroxylation is 1. The fraction of sp³-hybridized carbons (Fsp3) is 0.550. The van der Waals surface area contributed by atoms with E-state index in [1.807, 2.05) is 24.3 Å². The lowest BCUT2D eigenvalue weighted by molar-refractivity contribution is -0.142. The van der Waals surface area contributed by atoms with Crippen LogP contribution in [-0.2, 0) is 11.2 Å². The van der Waals surface area contributed by atoms with Gasteiger partial charge in [0, 0.05) is 30.8 Å². The molecule has 0 spiro atoms. The summed E-state index contributed by atoms with van der Waals surface area (Å²) >= 11 is 6.03. The van der Waals surface area contributed by atoms with Gasteiger partial charge < -0.3 is 9.32 Å². The zero-order chi connectivity index (χ0) is 18.5. The molecule has 0 aliphatic carbocycles. The smallest absolute Gasteiger partial charge is 0.226 e. The highest BCUT2D eigenvalue weighted by molar-refractivity contribution is 6.30. The standard InChI is InChI=1S/C20H26ClN3O2/c1-3-4-5-12-24-18(15-6-9-17(21)10-7-15)11-8-16(20(24)25)13-19-23-22-14(2)26-19/h6-7,9-10,16,18H,3-5,8,11-13H2,1-2H3. The molecule has 1 aromatic carbocycles. The van der Waals surface area contributed by atoms with Crippen molar-refractivity contribution in [2.24, 2.45) is 5.92 Å². The number of carbonyl (C=O) groups is 1. The third-order valence-corrected chi connectivity index (χ3v) is 5.30. The normalized spacial score (nSPS) is 20.6. The van der Waals surface area contributed by atoms with Crippen LogP contribution in [0.1, 0.15) is 62.4 Å². The summed E-state index contributed by atoms with van der Waals surface area (Å²) in [5.74, 6) is 1.21. The van der Waals surface area contributed by atoms with E-state index in [9.17, 15) is 4.79 Å². The van der Waals surface area contributed by atoms with E-state index >= 15 is 0 Å². The molecule has 0 radical (unpaired) electrons. The van der Waals surface area contributed by atoms with Crippen LogP contribution in [0.15, 0.2) is 28.7 Å². The Balaban J connectivity index is 1.76. The number of unbranched alkanes of at least 4 members (excludes halogenated alkanes) is 2. The van der Waals surface area contributed by atoms with E-state index in [4.69, 9.17) is 16.0 Å². The van der Waals surface area contributed by atoms with Gasteiger partial charge in [-0.15, -0.1) is 10.2 Å². The van der Waals surface area contributed by atoms with E-state index < -0.39 is 0 Å². The van der Waals surface area contributed by atoms with E-state index in [2.05, 4.69) is 22.0 Å². The molecule has 0 N–H and O–H groups in total. The van der Waals surface area contributed by atoms with Gasteiger partial charge in [-0.25, -0.2) is 0 Å². The van der Waals surface area contributed by atoms with Gasteiger partial charge in [0.1, 0.15) is 0 Å². The summed E-state index contributed by atoms with van der Waals surface area (Å²) in [6.45, 7) is 4.74. The topological polar surface area (TPSA) is 59.2 Å². The fourth-order valence-electron chi connectivity index (χ4n) is 3.68. The van der Waals surface area contributed by atoms with Gasteiger partial charge in [0.15, 0.2) is 0 Å². The molecule has 6 heteroatoms. The highest BCUT2D eigenvalue weighted by atomic mass is 35.5. The SMILES string of the molecule is CCCCCN1C(=O)C(Cc2nnc(C)o2)CCC1c1ccc(Cl)cc1. The first kappa shape index (κ1) is 18.9. The molecular weight excluding hydrogens is 350 g/mol. The summed E-state index contributed by atoms with van der Waals surface area (Å²) in [5.41, 5.74) is 1.16. The molecule has 26 heavy (non-hydrogen) atoms. The van der Waals surface area contributed by atoms with E-state index in [0.717, 1.165) is 49.2 Å². The van der Waals surface area contributed by atoms with Gasteiger partial charge in [-0.3, -0.25) is 4.79 Å². The molecule has 1 aromatic heterocycles. The van der Waals surface area contributed by atoms with Gasteiger partial charge in [-0.1, -0.05) is 43.5 Å². The first-order valence-corrected chi connectivity index (χ1v) is 9.81. The van der Waals surface area contributed by atoms with Crippen molar-refractivity contribution in [3.8, 4) is 0 Å². The van der Waals surface area contributed by atoms with E-state index in [1.54, 1.807) is 6.92 Å². The molecule has 1 aliphatic rings. The molecule has 2 unspecified atom stereocenters. The minimum Gasteiger partial charge on any atom is -0.426 e. The first-order valence-electron chi connectivity index (χ1n) is 9.43. The zero-order valence-corrected chi connectivity index (χ0v) is 16.2. The number of hydrogen-bond acceptors (Lipinski definition) is 4. The lowest BCUT2D eigenvalue weighted by atomic mass is 9.86. The van der Waals surface area contributed by atoms with Crippen LogP contribution < -0.4 is 0 Å². The van der Waals surface area contributed by atoms with Gasteiger partial charge in [-0.2, -0.15) is 0 Å². The van der Waals surface area contributed by atoms with Crippen LogP contribution in [0.4, 0.5) is 0 Å². The number of piperidine rings is 1. The Morgan fingerprint density at radius 2 is 1.96 bits per heavy atom. The number of benzene rings is 1. The number of aromatic nitrogens is 2. The maximum absolute atomic E-state index is 13.2. The van der Waals surface area contributed by atoms with Crippen LogP contribution in [-0.4, -0.2) is 27.5 Å². The van der Waals surface area contributed by atoms with Crippen LogP contribution in [0, 0.1) is 12.8 Å². The van der Waals surface area contributed by atoms with Crippen LogP contribution >= 0.6 is 11.6 Å². The summed E-state index contributed by atoms with van der Waals surface area (Å²) in [7, 11) is 0. The second-order valence-corrected chi connectivity index (χ2v) is 7.44. The predicted molar refractivity (Wildman–Crippen MR) is 101 cm³/mol. The molecule has 1 aliphatic heterocycles. The molecular formula is C20H26ClN3O2. The highest BCUT2D eigenvalue weighted by Crippen LogP contribution is 2.36. The second kappa shape index (κ2) is 8.67. The van der Waals surface area contributed by atoms with Gasteiger partial charge in [0.2, 0.25) is 17.7 Å². The van der Waals surface area contributed by atoms with Crippen molar-refractivity contribution in [2.75, 3.05) is 6.54 Å². The monoisotopic (exact) mass is 375 g/mol. The lowest BCUT2D eigenvalue weighted by Gasteiger charge is -2.39. The minimum absolute atomic E-state index is 0.0833. The van der Waals surface area contributed by atoms with Gasteiger partial charge >= 0.3 is 0 Å². The van der Waals surface area contributed by atoms with Crippen molar-refractivity contribution in [1.29, 1.82) is 0 Å². The second-order valence-electron chi connectivity index (χ2n) is 7.00. The number of amides is 1. The Hall–Kier alpha value is -1.88. The summed E-state index contributed by atoms with van der Waals surface area (Å²) < 4.78 is 5.49. The van der Waals surface area contributed by atoms with E-state index in [1.165, 1.54) is 0 Å². The molecule has 1 amide bonds. The summed E-state index contributed by atoms with van der Waals surface area (Å²) in [6.07, 6.45) is 5.59. The summed E-state index contributed by atoms with van der Waals surface area (Å²) in [4.78, 5) is 15.2. The number of hydrogen-bond donors (Lipinski definition) is 0. The van der Waals surface area contributed by atoms with Crippen LogP contribution in [0.5, 0.6) is 0 Å². The van der Waals surface area contributed by atoms with Crippen molar-refractivity contribution >= 4 is 17.5 Å². The molecule has 1 fully saturated rings. The third kappa shape index (κ3) is 4.44. The first-order chi connectivity index (χ1) is 12.6. The number of rotatable bonds is 7. The number of likely N-dealkylation sites (tertiary alicyclic amines) is 1. The lowest BCUT2D eigenvalue weighted by Crippen LogP contribution is -2.44. The molecule has 3 rings (SSSR count). The minimum atomic E-state index is -0.0833. The average molecular weight is 376 g/mol. The molecule has 5 nitrogen and oxygen atoms in total. The van der Waals surface area contributed by atoms with Gasteiger partial charge in [0.05, 0.1) is 6.04 Å². The Bertz CT molecular complexity index is 729. The van der Waals surface area contributed by atoms with Crippen molar-refractivity contribution in [2.45, 2.75) is 58.4 Å². The number of carbonyl (C=O) groups excluding carboxylic acids is 1. The van der Waals surface area contributed by atoms with Crippen LogP contribution in [0.3, 0.4) is 0 Å². The predicted octanol–water partition coefficient (Wildman–Crippen LogP) is 4.74. The Morgan fingerprint density at radius 1 is 1.19 bits per heavy atom. The molecule has 2 aromatic rings. The number of nitrogens with zero attached hydrogens (tertiary/aromatic N) is 3. The van der Waals surface area contributed by atoms with Crippen molar-refractivity contribution < 1.29 is 9.21 Å². The van der Waals surface area contributed by atoms with Crippen molar-refractivity contribution in [1.82, 2.24) is 15.1 Å². The molecule has 2 atom stereocenters. The molecule has 2 heterocycles. The van der Waals surface area contributed by atoms with Crippen LogP contribution in [0.2, 0.25) is 5.02 Å². The third-order valence-electron chi connectivity index (χ3n) is 5.04. The Labute approximate surface area is 159 Å². The quantitative estimate of drug-likeness (QED) is 0.655. The van der Waals surface area contributed by atoms with Gasteiger partial charge in [0.25, 0.3) is 0 Å². The van der Waals surface area contributed by atoms with Crippen molar-refractivity contribution in [3.05, 3.63) is 46.6 Å². The number of halogens is 1. The summed E-state index contributed by atoms with van der Waals surface area (Å²) in [6, 6.07) is 8.00. The largest absolute Gasteiger partial charge is 0.426 e. The van der Waals surface area contributed by atoms with E-state index in [-0.39, 0.29) is 17.9 Å². The maximum Gasteiger partial charge on any atom is 0.226 e. The van der Waals surface area contributed by atoms with E-state index in [0.29, 0.717) is 18.2 Å². The Morgan fingerprint density at radius 3 is 2.62 bits per heavy atom. The average Bonchev–Trinajstić information content (AvgIpc) is 3.04. The van der Waals surface area contributed by atoms with Crippen LogP contribution in [0.25, 0.3) is 0 Å². The summed E-state index contributed by atoms with van der Waals surface area (Å²) in [5, 5.41) is 8.65. The molecule has 0 saturated carbocycles. The molecule has 0 bridgehead atoms. The molecule has 1 saturated heterocycles. The Kier molecular flexibility index (Phi) is 6.30. The molecule has 140 valence electrons. The maximum atomic E-state index is 13.2. The highest BCUT2D eigenvalue weighted by Gasteiger charge is 2.36.